The maximum absolute atomic E-state index is 12.8. The third-order valence-corrected chi connectivity index (χ3v) is 7.95. The van der Waals surface area contributed by atoms with Crippen LogP contribution in [-0.4, -0.2) is 61.8 Å². The molecule has 3 rings (SSSR count). The van der Waals surface area contributed by atoms with Crippen LogP contribution >= 0.6 is 11.3 Å². The molecule has 0 radical (unpaired) electrons. The Morgan fingerprint density at radius 3 is 2.60 bits per heavy atom. The van der Waals surface area contributed by atoms with E-state index in [1.54, 1.807) is 39.9 Å². The molecule has 0 saturated carbocycles. The lowest BCUT2D eigenvalue weighted by atomic mass is 9.98. The second-order valence-electron chi connectivity index (χ2n) is 7.57. The van der Waals surface area contributed by atoms with Crippen LogP contribution in [-0.2, 0) is 16.6 Å². The van der Waals surface area contributed by atoms with Gasteiger partial charge in [0.2, 0.25) is 10.0 Å². The van der Waals surface area contributed by atoms with E-state index < -0.39 is 10.0 Å². The van der Waals surface area contributed by atoms with E-state index in [4.69, 9.17) is 4.99 Å². The van der Waals surface area contributed by atoms with E-state index in [1.807, 2.05) is 20.0 Å². The van der Waals surface area contributed by atoms with Crippen molar-refractivity contribution in [2.45, 2.75) is 38.1 Å². The third kappa shape index (κ3) is 5.80. The minimum atomic E-state index is -3.40. The number of hydrogen-bond acceptors (Lipinski definition) is 5. The van der Waals surface area contributed by atoms with Crippen molar-refractivity contribution in [1.82, 2.24) is 19.5 Å². The molecular formula is C21H31N5O2S2. The zero-order valence-electron chi connectivity index (χ0n) is 17.9. The Morgan fingerprint density at radius 2 is 2.00 bits per heavy atom. The van der Waals surface area contributed by atoms with Gasteiger partial charge in [0, 0.05) is 38.6 Å². The highest BCUT2D eigenvalue weighted by atomic mass is 32.2. The highest BCUT2D eigenvalue weighted by Gasteiger charge is 2.29. The Bertz CT molecular complexity index is 935. The first-order valence-electron chi connectivity index (χ1n) is 10.4. The van der Waals surface area contributed by atoms with Gasteiger partial charge >= 0.3 is 0 Å². The van der Waals surface area contributed by atoms with Crippen LogP contribution in [0.15, 0.2) is 45.6 Å². The number of thiazole rings is 1. The number of aryl methyl sites for hydroxylation is 1. The standard InChI is InChI=1S/C21H31N5O2S2/c1-4-22-21(25(3)15-19-16-29-17(2)24-19)23-14-18-10-12-26(13-11-18)30(27,28)20-8-6-5-7-9-20/h5-9,16,18H,4,10-15H2,1-3H3,(H,22,23). The van der Waals surface area contributed by atoms with Crippen LogP contribution in [0.3, 0.4) is 0 Å². The molecule has 0 aliphatic carbocycles. The van der Waals surface area contributed by atoms with Gasteiger partial charge in [-0.3, -0.25) is 4.99 Å². The zero-order valence-corrected chi connectivity index (χ0v) is 19.5. The summed E-state index contributed by atoms with van der Waals surface area (Å²) in [4.78, 5) is 11.8. The normalized spacial score (nSPS) is 16.6. The second kappa shape index (κ2) is 10.4. The van der Waals surface area contributed by atoms with Gasteiger partial charge < -0.3 is 10.2 Å². The lowest BCUT2D eigenvalue weighted by Gasteiger charge is -2.31. The van der Waals surface area contributed by atoms with Crippen LogP contribution in [0, 0.1) is 12.8 Å². The molecule has 2 aromatic rings. The van der Waals surface area contributed by atoms with E-state index in [-0.39, 0.29) is 0 Å². The van der Waals surface area contributed by atoms with Gasteiger partial charge in [-0.05, 0) is 44.7 Å². The second-order valence-corrected chi connectivity index (χ2v) is 10.6. The van der Waals surface area contributed by atoms with Gasteiger partial charge in [0.05, 0.1) is 22.1 Å². The van der Waals surface area contributed by atoms with Crippen molar-refractivity contribution in [3.63, 3.8) is 0 Å². The van der Waals surface area contributed by atoms with Crippen molar-refractivity contribution in [2.24, 2.45) is 10.9 Å². The molecule has 30 heavy (non-hydrogen) atoms. The van der Waals surface area contributed by atoms with Crippen LogP contribution in [0.2, 0.25) is 0 Å². The van der Waals surface area contributed by atoms with Gasteiger partial charge in [-0.2, -0.15) is 4.31 Å². The van der Waals surface area contributed by atoms with Crippen molar-refractivity contribution in [1.29, 1.82) is 0 Å². The van der Waals surface area contributed by atoms with Crippen LogP contribution in [0.5, 0.6) is 0 Å². The van der Waals surface area contributed by atoms with E-state index in [0.29, 0.717) is 37.0 Å². The van der Waals surface area contributed by atoms with Crippen molar-refractivity contribution in [3.05, 3.63) is 46.4 Å². The molecule has 1 saturated heterocycles. The number of benzene rings is 1. The van der Waals surface area contributed by atoms with Gasteiger partial charge in [0.15, 0.2) is 5.96 Å². The quantitative estimate of drug-likeness (QED) is 0.519. The summed E-state index contributed by atoms with van der Waals surface area (Å²) in [7, 11) is -1.38. The molecule has 9 heteroatoms. The largest absolute Gasteiger partial charge is 0.357 e. The topological polar surface area (TPSA) is 77.9 Å². The zero-order chi connectivity index (χ0) is 21.6. The first-order valence-corrected chi connectivity index (χ1v) is 12.7. The third-order valence-electron chi connectivity index (χ3n) is 5.22. The summed E-state index contributed by atoms with van der Waals surface area (Å²) in [6, 6.07) is 8.68. The molecule has 0 atom stereocenters. The molecule has 1 N–H and O–H groups in total. The molecule has 7 nitrogen and oxygen atoms in total. The number of hydrogen-bond donors (Lipinski definition) is 1. The summed E-state index contributed by atoms with van der Waals surface area (Å²) in [6.45, 7) is 7.36. The van der Waals surface area contributed by atoms with Gasteiger partial charge in [0.25, 0.3) is 0 Å². The predicted molar refractivity (Wildman–Crippen MR) is 122 cm³/mol. The number of sulfonamides is 1. The number of aromatic nitrogens is 1. The average Bonchev–Trinajstić information content (AvgIpc) is 3.16. The smallest absolute Gasteiger partial charge is 0.243 e. The summed E-state index contributed by atoms with van der Waals surface area (Å²) in [5, 5.41) is 6.50. The fraction of sp³-hybridized carbons (Fsp3) is 0.524. The van der Waals surface area contributed by atoms with E-state index >= 15 is 0 Å². The molecule has 1 fully saturated rings. The Morgan fingerprint density at radius 1 is 1.30 bits per heavy atom. The van der Waals surface area contributed by atoms with Crippen LogP contribution < -0.4 is 5.32 Å². The number of guanidine groups is 1. The Balaban J connectivity index is 1.56. The summed E-state index contributed by atoms with van der Waals surface area (Å²) in [5.74, 6) is 1.25. The minimum Gasteiger partial charge on any atom is -0.357 e. The monoisotopic (exact) mass is 449 g/mol. The van der Waals surface area contributed by atoms with E-state index in [1.165, 1.54) is 0 Å². The summed E-state index contributed by atoms with van der Waals surface area (Å²) < 4.78 is 27.2. The number of piperidine rings is 1. The van der Waals surface area contributed by atoms with E-state index in [9.17, 15) is 8.42 Å². The summed E-state index contributed by atoms with van der Waals surface area (Å²) in [6.07, 6.45) is 1.65. The Kier molecular flexibility index (Phi) is 7.85. The van der Waals surface area contributed by atoms with Crippen LogP contribution in [0.4, 0.5) is 0 Å². The lowest BCUT2D eigenvalue weighted by Crippen LogP contribution is -2.40. The van der Waals surface area contributed by atoms with Gasteiger partial charge in [0.1, 0.15) is 0 Å². The van der Waals surface area contributed by atoms with Gasteiger partial charge in [-0.15, -0.1) is 11.3 Å². The van der Waals surface area contributed by atoms with Gasteiger partial charge in [-0.1, -0.05) is 18.2 Å². The predicted octanol–water partition coefficient (Wildman–Crippen LogP) is 2.95. The molecule has 1 aromatic heterocycles. The first kappa shape index (κ1) is 22.7. The minimum absolute atomic E-state index is 0.370. The van der Waals surface area contributed by atoms with Crippen molar-refractivity contribution in [3.8, 4) is 0 Å². The SMILES string of the molecule is CCNC(=NCC1CCN(S(=O)(=O)c2ccccc2)CC1)N(C)Cc1csc(C)n1. The number of rotatable bonds is 7. The van der Waals surface area contributed by atoms with E-state index in [0.717, 1.165) is 36.0 Å². The number of nitrogens with one attached hydrogen (secondary N) is 1. The maximum atomic E-state index is 12.8. The molecule has 0 spiro atoms. The lowest BCUT2D eigenvalue weighted by molar-refractivity contribution is 0.278. The Hall–Kier alpha value is -1.97. The molecule has 1 aliphatic heterocycles. The van der Waals surface area contributed by atoms with Crippen LogP contribution in [0.1, 0.15) is 30.5 Å². The molecule has 164 valence electrons. The number of aliphatic imine (C=N–C) groups is 1. The molecule has 2 heterocycles. The Labute approximate surface area is 183 Å². The highest BCUT2D eigenvalue weighted by Crippen LogP contribution is 2.24. The van der Waals surface area contributed by atoms with Crippen molar-refractivity contribution in [2.75, 3.05) is 33.2 Å². The maximum Gasteiger partial charge on any atom is 0.243 e. The summed E-state index contributed by atoms with van der Waals surface area (Å²) >= 11 is 1.66. The highest BCUT2D eigenvalue weighted by molar-refractivity contribution is 7.89. The first-order chi connectivity index (χ1) is 14.4. The fourth-order valence-corrected chi connectivity index (χ4v) is 5.65. The van der Waals surface area contributed by atoms with Gasteiger partial charge in [-0.25, -0.2) is 13.4 Å². The average molecular weight is 450 g/mol. The molecule has 1 aliphatic rings. The molecule has 0 bridgehead atoms. The molecular weight excluding hydrogens is 418 g/mol. The number of nitrogens with zero attached hydrogens (tertiary/aromatic N) is 4. The molecule has 1 aromatic carbocycles. The van der Waals surface area contributed by atoms with E-state index in [2.05, 4.69) is 27.5 Å². The molecule has 0 amide bonds. The fourth-order valence-electron chi connectivity index (χ4n) is 3.56. The van der Waals surface area contributed by atoms with Crippen molar-refractivity contribution >= 4 is 27.3 Å². The molecule has 0 unspecified atom stereocenters. The van der Waals surface area contributed by atoms with Crippen molar-refractivity contribution < 1.29 is 8.42 Å². The summed E-state index contributed by atoms with van der Waals surface area (Å²) in [5.41, 5.74) is 1.05. The van der Waals surface area contributed by atoms with Crippen LogP contribution in [0.25, 0.3) is 0 Å².